The van der Waals surface area contributed by atoms with E-state index in [1.165, 1.54) is 29.7 Å². The smallest absolute Gasteiger partial charge is 0.354 e. The highest BCUT2D eigenvalue weighted by Crippen LogP contribution is 2.23. The maximum atomic E-state index is 12.1. The fraction of sp³-hybridized carbons (Fsp3) is 0.231. The number of pyridine rings is 1. The number of hydrogen-bond acceptors (Lipinski definition) is 5. The second-order valence-electron chi connectivity index (χ2n) is 4.29. The summed E-state index contributed by atoms with van der Waals surface area (Å²) in [6, 6.07) is 2.77. The van der Waals surface area contributed by atoms with Crippen molar-refractivity contribution in [1.29, 1.82) is 0 Å². The maximum Gasteiger partial charge on any atom is 0.354 e. The van der Waals surface area contributed by atoms with E-state index in [0.717, 1.165) is 4.88 Å². The van der Waals surface area contributed by atoms with Gasteiger partial charge >= 0.3 is 5.97 Å². The van der Waals surface area contributed by atoms with Crippen molar-refractivity contribution in [3.05, 3.63) is 45.7 Å². The fourth-order valence-corrected chi connectivity index (χ4v) is 2.32. The van der Waals surface area contributed by atoms with Crippen LogP contribution in [0.4, 0.5) is 0 Å². The molecule has 0 unspecified atom stereocenters. The molecule has 6 heteroatoms. The van der Waals surface area contributed by atoms with Crippen molar-refractivity contribution < 1.29 is 14.7 Å². The standard InChI is InChI=1S/C13H12N2O3S/c1-7(2)10-6-15-12(19-10)11(16)8-3-4-9(13(17)18)14-5-8/h3-7H,1-2H3,(H,17,18). The second kappa shape index (κ2) is 5.27. The lowest BCUT2D eigenvalue weighted by atomic mass is 10.2. The van der Waals surface area contributed by atoms with Gasteiger partial charge in [0.2, 0.25) is 5.78 Å². The molecule has 0 aromatic carbocycles. The van der Waals surface area contributed by atoms with Gasteiger partial charge in [0, 0.05) is 22.8 Å². The largest absolute Gasteiger partial charge is 0.477 e. The predicted octanol–water partition coefficient (Wildman–Crippen LogP) is 2.59. The SMILES string of the molecule is CC(C)c1cnc(C(=O)c2ccc(C(=O)O)nc2)s1. The summed E-state index contributed by atoms with van der Waals surface area (Å²) in [7, 11) is 0. The first-order valence-corrected chi connectivity index (χ1v) is 6.50. The molecule has 0 aliphatic rings. The number of nitrogens with zero attached hydrogens (tertiary/aromatic N) is 2. The van der Waals surface area contributed by atoms with Crippen LogP contribution in [0.25, 0.3) is 0 Å². The lowest BCUT2D eigenvalue weighted by molar-refractivity contribution is 0.0690. The Bertz CT molecular complexity index is 617. The van der Waals surface area contributed by atoms with Crippen LogP contribution in [0.3, 0.4) is 0 Å². The van der Waals surface area contributed by atoms with Gasteiger partial charge in [-0.2, -0.15) is 0 Å². The van der Waals surface area contributed by atoms with E-state index in [9.17, 15) is 9.59 Å². The van der Waals surface area contributed by atoms with Crippen LogP contribution in [0.2, 0.25) is 0 Å². The molecule has 2 heterocycles. The van der Waals surface area contributed by atoms with Crippen molar-refractivity contribution in [3.63, 3.8) is 0 Å². The molecule has 5 nitrogen and oxygen atoms in total. The number of carbonyl (C=O) groups is 2. The molecule has 0 saturated carbocycles. The van der Waals surface area contributed by atoms with Crippen LogP contribution >= 0.6 is 11.3 Å². The molecule has 0 aliphatic carbocycles. The molecule has 0 bridgehead atoms. The monoisotopic (exact) mass is 276 g/mol. The number of aromatic carboxylic acids is 1. The minimum Gasteiger partial charge on any atom is -0.477 e. The molecule has 0 radical (unpaired) electrons. The molecular formula is C13H12N2O3S. The highest BCUT2D eigenvalue weighted by atomic mass is 32.1. The van der Waals surface area contributed by atoms with Crippen LogP contribution in [0.1, 0.15) is 50.5 Å². The van der Waals surface area contributed by atoms with Crippen LogP contribution in [-0.4, -0.2) is 26.8 Å². The van der Waals surface area contributed by atoms with E-state index >= 15 is 0 Å². The predicted molar refractivity (Wildman–Crippen MR) is 70.8 cm³/mol. The molecule has 19 heavy (non-hydrogen) atoms. The Morgan fingerprint density at radius 2 is 1.95 bits per heavy atom. The third-order valence-electron chi connectivity index (χ3n) is 2.53. The molecule has 0 amide bonds. The van der Waals surface area contributed by atoms with Gasteiger partial charge in [0.05, 0.1) is 0 Å². The number of rotatable bonds is 4. The average molecular weight is 276 g/mol. The number of hydrogen-bond donors (Lipinski definition) is 1. The molecular weight excluding hydrogens is 264 g/mol. The highest BCUT2D eigenvalue weighted by Gasteiger charge is 2.16. The van der Waals surface area contributed by atoms with E-state index in [4.69, 9.17) is 5.11 Å². The summed E-state index contributed by atoms with van der Waals surface area (Å²) in [6.45, 7) is 4.07. The number of aromatic nitrogens is 2. The Labute approximate surface area is 114 Å². The van der Waals surface area contributed by atoms with Gasteiger partial charge in [-0.05, 0) is 18.1 Å². The lowest BCUT2D eigenvalue weighted by Gasteiger charge is -1.98. The summed E-state index contributed by atoms with van der Waals surface area (Å²) in [6.07, 6.45) is 2.96. The molecule has 0 spiro atoms. The fourth-order valence-electron chi connectivity index (χ4n) is 1.44. The summed E-state index contributed by atoms with van der Waals surface area (Å²) < 4.78 is 0. The second-order valence-corrected chi connectivity index (χ2v) is 5.35. The van der Waals surface area contributed by atoms with Gasteiger partial charge in [0.1, 0.15) is 5.69 Å². The molecule has 1 N–H and O–H groups in total. The van der Waals surface area contributed by atoms with Gasteiger partial charge in [-0.1, -0.05) is 13.8 Å². The van der Waals surface area contributed by atoms with Crippen molar-refractivity contribution in [2.75, 3.05) is 0 Å². The van der Waals surface area contributed by atoms with Crippen LogP contribution in [0, 0.1) is 0 Å². The number of carboxylic acid groups (broad SMARTS) is 1. The van der Waals surface area contributed by atoms with E-state index in [1.807, 2.05) is 13.8 Å². The number of carboxylic acids is 1. The van der Waals surface area contributed by atoms with Crippen molar-refractivity contribution in [2.24, 2.45) is 0 Å². The van der Waals surface area contributed by atoms with Crippen LogP contribution in [-0.2, 0) is 0 Å². The summed E-state index contributed by atoms with van der Waals surface area (Å²) in [5, 5.41) is 9.13. The van der Waals surface area contributed by atoms with Gasteiger partial charge in [0.25, 0.3) is 0 Å². The highest BCUT2D eigenvalue weighted by molar-refractivity contribution is 7.13. The molecule has 0 atom stereocenters. The zero-order valence-corrected chi connectivity index (χ0v) is 11.3. The Balaban J connectivity index is 2.25. The first-order chi connectivity index (χ1) is 8.99. The Morgan fingerprint density at radius 1 is 1.21 bits per heavy atom. The van der Waals surface area contributed by atoms with E-state index in [-0.39, 0.29) is 11.5 Å². The van der Waals surface area contributed by atoms with Crippen molar-refractivity contribution in [1.82, 2.24) is 9.97 Å². The molecule has 2 rings (SSSR count). The number of thiazole rings is 1. The number of ketones is 1. The summed E-state index contributed by atoms with van der Waals surface area (Å²) >= 11 is 1.35. The summed E-state index contributed by atoms with van der Waals surface area (Å²) in [5.74, 6) is -1.02. The number of carbonyl (C=O) groups excluding carboxylic acids is 1. The summed E-state index contributed by atoms with van der Waals surface area (Å²) in [4.78, 5) is 31.7. The Kier molecular flexibility index (Phi) is 3.71. The minimum atomic E-state index is -1.12. The van der Waals surface area contributed by atoms with Gasteiger partial charge in [0.15, 0.2) is 5.01 Å². The van der Waals surface area contributed by atoms with Crippen LogP contribution in [0.15, 0.2) is 24.5 Å². The molecule has 2 aromatic rings. The molecule has 0 aliphatic heterocycles. The van der Waals surface area contributed by atoms with Crippen molar-refractivity contribution in [2.45, 2.75) is 19.8 Å². The van der Waals surface area contributed by atoms with Gasteiger partial charge in [-0.25, -0.2) is 14.8 Å². The van der Waals surface area contributed by atoms with E-state index < -0.39 is 5.97 Å². The average Bonchev–Trinajstić information content (AvgIpc) is 2.87. The molecule has 98 valence electrons. The zero-order valence-electron chi connectivity index (χ0n) is 10.5. The quantitative estimate of drug-likeness (QED) is 0.868. The minimum absolute atomic E-state index is 0.0847. The topological polar surface area (TPSA) is 80.2 Å². The first kappa shape index (κ1) is 13.4. The Morgan fingerprint density at radius 3 is 2.42 bits per heavy atom. The normalized spacial score (nSPS) is 10.7. The van der Waals surface area contributed by atoms with Crippen LogP contribution < -0.4 is 0 Å². The van der Waals surface area contributed by atoms with Crippen molar-refractivity contribution in [3.8, 4) is 0 Å². The maximum absolute atomic E-state index is 12.1. The summed E-state index contributed by atoms with van der Waals surface area (Å²) in [5.41, 5.74) is 0.258. The lowest BCUT2D eigenvalue weighted by Crippen LogP contribution is -2.04. The third kappa shape index (κ3) is 2.85. The van der Waals surface area contributed by atoms with E-state index in [1.54, 1.807) is 6.20 Å². The third-order valence-corrected chi connectivity index (χ3v) is 3.83. The molecule has 0 fully saturated rings. The first-order valence-electron chi connectivity index (χ1n) is 5.69. The van der Waals surface area contributed by atoms with Crippen LogP contribution in [0.5, 0.6) is 0 Å². The van der Waals surface area contributed by atoms with Gasteiger partial charge in [-0.3, -0.25) is 4.79 Å². The molecule has 0 saturated heterocycles. The van der Waals surface area contributed by atoms with E-state index in [0.29, 0.717) is 16.5 Å². The zero-order chi connectivity index (χ0) is 14.0. The van der Waals surface area contributed by atoms with Gasteiger partial charge < -0.3 is 5.11 Å². The van der Waals surface area contributed by atoms with Crippen molar-refractivity contribution >= 4 is 23.1 Å². The van der Waals surface area contributed by atoms with E-state index in [2.05, 4.69) is 9.97 Å². The Hall–Kier alpha value is -2.08. The van der Waals surface area contributed by atoms with Gasteiger partial charge in [-0.15, -0.1) is 11.3 Å². The molecule has 2 aromatic heterocycles.